The number of aromatic nitrogens is 1. The highest BCUT2D eigenvalue weighted by Crippen LogP contribution is 2.30. The first kappa shape index (κ1) is 31.2. The van der Waals surface area contributed by atoms with Crippen LogP contribution >= 0.6 is 0 Å². The third-order valence-corrected chi connectivity index (χ3v) is 5.65. The summed E-state index contributed by atoms with van der Waals surface area (Å²) in [6.45, 7) is 16.7. The lowest BCUT2D eigenvalue weighted by Gasteiger charge is -2.25. The van der Waals surface area contributed by atoms with Crippen LogP contribution in [0.3, 0.4) is 0 Å². The monoisotopic (exact) mass is 544 g/mol. The van der Waals surface area contributed by atoms with Crippen LogP contribution in [-0.2, 0) is 21.5 Å². The number of carbonyl (C=O) groups is 2. The van der Waals surface area contributed by atoms with E-state index in [4.69, 9.17) is 5.73 Å². The molecule has 210 valence electrons. The van der Waals surface area contributed by atoms with Crippen LogP contribution < -0.4 is 16.0 Å². The summed E-state index contributed by atoms with van der Waals surface area (Å²) in [6.07, 6.45) is 5.39. The maximum absolute atomic E-state index is 13.6. The summed E-state index contributed by atoms with van der Waals surface area (Å²) >= 11 is 0. The van der Waals surface area contributed by atoms with Gasteiger partial charge >= 0.3 is 0 Å². The average molecular weight is 545 g/mol. The molecule has 10 heteroatoms. The van der Waals surface area contributed by atoms with Gasteiger partial charge in [-0.1, -0.05) is 52.1 Å². The van der Waals surface area contributed by atoms with Gasteiger partial charge in [0.2, 0.25) is 0 Å². The lowest BCUT2D eigenvalue weighted by Crippen LogP contribution is -2.29. The molecule has 1 aromatic heterocycles. The number of nitrogens with zero attached hydrogens (tertiary/aromatic N) is 4. The number of amides is 2. The number of hydrogen-bond donors (Lipinski definition) is 4. The fourth-order valence-corrected chi connectivity index (χ4v) is 3.44. The second kappa shape index (κ2) is 13.7. The van der Waals surface area contributed by atoms with Crippen molar-refractivity contribution < 1.29 is 19.8 Å². The summed E-state index contributed by atoms with van der Waals surface area (Å²) in [4.78, 5) is 39.5. The average Bonchev–Trinajstić information content (AvgIpc) is 2.94. The zero-order valence-corrected chi connectivity index (χ0v) is 23.5. The van der Waals surface area contributed by atoms with Gasteiger partial charge in [0.1, 0.15) is 11.6 Å². The van der Waals surface area contributed by atoms with Crippen molar-refractivity contribution >= 4 is 35.7 Å². The van der Waals surface area contributed by atoms with E-state index in [1.165, 1.54) is 23.5 Å². The summed E-state index contributed by atoms with van der Waals surface area (Å²) in [6, 6.07) is 10.7. The fourth-order valence-electron chi connectivity index (χ4n) is 3.44. The van der Waals surface area contributed by atoms with E-state index in [0.717, 1.165) is 11.6 Å². The highest BCUT2D eigenvalue weighted by molar-refractivity contribution is 6.11. The number of nitrogens with two attached hydrogens (primary N) is 1. The van der Waals surface area contributed by atoms with Crippen molar-refractivity contribution in [2.24, 2.45) is 15.7 Å². The predicted molar refractivity (Wildman–Crippen MR) is 160 cm³/mol. The SMILES string of the molecule is C=C/C(O)=C(\N=C/C)C(=O)NCc1ccc(N(C(=O)C(=C)/C(O)=C(N)\N=C/C)c2ccc(C(C)(C)C)cc2)nc1. The molecule has 40 heavy (non-hydrogen) atoms. The van der Waals surface area contributed by atoms with Gasteiger partial charge in [0.05, 0.1) is 11.3 Å². The van der Waals surface area contributed by atoms with E-state index < -0.39 is 17.6 Å². The smallest absolute Gasteiger partial charge is 0.273 e. The molecule has 2 aromatic rings. The number of allylic oxidation sites excluding steroid dienone is 1. The van der Waals surface area contributed by atoms with Crippen LogP contribution in [0.1, 0.15) is 45.7 Å². The van der Waals surface area contributed by atoms with Crippen LogP contribution in [0.5, 0.6) is 0 Å². The summed E-state index contributed by atoms with van der Waals surface area (Å²) in [5.74, 6) is -2.14. The number of nitrogens with one attached hydrogen (secondary N) is 1. The normalized spacial score (nSPS) is 13.0. The van der Waals surface area contributed by atoms with Gasteiger partial charge in [-0.15, -0.1) is 0 Å². The molecule has 1 aromatic carbocycles. The predicted octanol–water partition coefficient (Wildman–Crippen LogP) is 5.04. The van der Waals surface area contributed by atoms with Gasteiger partial charge < -0.3 is 21.3 Å². The summed E-state index contributed by atoms with van der Waals surface area (Å²) in [5.41, 5.74) is 7.41. The minimum Gasteiger partial charge on any atom is -0.505 e. The second-order valence-electron chi connectivity index (χ2n) is 9.57. The Morgan fingerprint density at radius 1 is 1.07 bits per heavy atom. The quantitative estimate of drug-likeness (QED) is 0.142. The number of hydrogen-bond acceptors (Lipinski definition) is 8. The highest BCUT2D eigenvalue weighted by Gasteiger charge is 2.26. The Labute approximate surface area is 234 Å². The Balaban J connectivity index is 2.44. The zero-order valence-electron chi connectivity index (χ0n) is 23.5. The summed E-state index contributed by atoms with van der Waals surface area (Å²) < 4.78 is 0. The van der Waals surface area contributed by atoms with Gasteiger partial charge in [-0.3, -0.25) is 19.5 Å². The molecule has 0 radical (unpaired) electrons. The Morgan fingerprint density at radius 3 is 2.20 bits per heavy atom. The molecule has 0 bridgehead atoms. The van der Waals surface area contributed by atoms with Gasteiger partial charge in [0.25, 0.3) is 11.8 Å². The number of carbonyl (C=O) groups excluding carboxylic acids is 2. The van der Waals surface area contributed by atoms with Crippen LogP contribution in [0.25, 0.3) is 0 Å². The van der Waals surface area contributed by atoms with Gasteiger partial charge in [0.15, 0.2) is 17.3 Å². The molecule has 0 fully saturated rings. The molecule has 2 rings (SSSR count). The standard InChI is InChI=1S/C30H36N6O4/c1-8-23(37)25(32-9-2)28(39)35-18-20-11-16-24(34-17-20)36(22-14-12-21(13-15-22)30(5,6)7)29(40)19(4)26(38)27(31)33-10-3/h8-17,37-38H,1,4,18,31H2,2-3,5-7H3,(H,35,39)/b25-23+,27-26+,32-9-,33-10-. The number of aliphatic hydroxyl groups excluding tert-OH is 2. The molecule has 1 heterocycles. The number of aliphatic hydroxyl groups is 2. The molecule has 0 aliphatic carbocycles. The zero-order chi connectivity index (χ0) is 30.0. The third-order valence-electron chi connectivity index (χ3n) is 5.65. The number of benzene rings is 1. The minimum atomic E-state index is -0.657. The first-order valence-electron chi connectivity index (χ1n) is 12.4. The third kappa shape index (κ3) is 7.76. The Kier molecular flexibility index (Phi) is 10.7. The van der Waals surface area contributed by atoms with Crippen molar-refractivity contribution in [3.8, 4) is 0 Å². The molecular formula is C30H36N6O4. The molecule has 0 atom stereocenters. The molecule has 0 aliphatic rings. The molecule has 2 amide bonds. The van der Waals surface area contributed by atoms with Gasteiger partial charge in [-0.2, -0.15) is 0 Å². The van der Waals surface area contributed by atoms with Crippen LogP contribution in [0.15, 0.2) is 100 Å². The Bertz CT molecular complexity index is 1380. The van der Waals surface area contributed by atoms with Crippen molar-refractivity contribution in [2.75, 3.05) is 4.90 Å². The van der Waals surface area contributed by atoms with Crippen molar-refractivity contribution in [2.45, 2.75) is 46.6 Å². The molecule has 0 spiro atoms. The van der Waals surface area contributed by atoms with Crippen LogP contribution in [0, 0.1) is 0 Å². The van der Waals surface area contributed by atoms with Crippen molar-refractivity contribution in [1.29, 1.82) is 0 Å². The highest BCUT2D eigenvalue weighted by atomic mass is 16.3. The Hall–Kier alpha value is -4.99. The van der Waals surface area contributed by atoms with E-state index in [0.29, 0.717) is 11.3 Å². The number of aliphatic imine (C=N–C) groups is 2. The first-order valence-corrected chi connectivity index (χ1v) is 12.4. The van der Waals surface area contributed by atoms with Crippen LogP contribution in [0.4, 0.5) is 11.5 Å². The Morgan fingerprint density at radius 2 is 1.70 bits per heavy atom. The van der Waals surface area contributed by atoms with Crippen molar-refractivity contribution in [1.82, 2.24) is 10.3 Å². The topological polar surface area (TPSA) is 154 Å². The molecule has 0 saturated carbocycles. The van der Waals surface area contributed by atoms with Crippen LogP contribution in [-0.4, -0.2) is 39.4 Å². The number of anilines is 2. The van der Waals surface area contributed by atoms with Crippen LogP contribution in [0.2, 0.25) is 0 Å². The summed E-state index contributed by atoms with van der Waals surface area (Å²) in [5, 5.41) is 23.0. The van der Waals surface area contributed by atoms with E-state index in [1.807, 2.05) is 12.1 Å². The lowest BCUT2D eigenvalue weighted by atomic mass is 9.87. The molecule has 10 nitrogen and oxygen atoms in total. The second-order valence-corrected chi connectivity index (χ2v) is 9.57. The van der Waals surface area contributed by atoms with Crippen molar-refractivity contribution in [3.05, 3.63) is 102 Å². The molecule has 0 aliphatic heterocycles. The van der Waals surface area contributed by atoms with Gasteiger partial charge in [-0.25, -0.2) is 9.98 Å². The molecular weight excluding hydrogens is 508 g/mol. The minimum absolute atomic E-state index is 0.0787. The number of rotatable bonds is 10. The summed E-state index contributed by atoms with van der Waals surface area (Å²) in [7, 11) is 0. The van der Waals surface area contributed by atoms with E-state index in [1.54, 1.807) is 38.1 Å². The largest absolute Gasteiger partial charge is 0.505 e. The molecule has 0 saturated heterocycles. The molecule has 5 N–H and O–H groups in total. The van der Waals surface area contributed by atoms with E-state index >= 15 is 0 Å². The van der Waals surface area contributed by atoms with Gasteiger partial charge in [0, 0.05) is 25.2 Å². The van der Waals surface area contributed by atoms with E-state index in [2.05, 4.69) is 54.2 Å². The molecule has 0 unspecified atom stereocenters. The van der Waals surface area contributed by atoms with E-state index in [-0.39, 0.29) is 40.6 Å². The number of pyridine rings is 1. The lowest BCUT2D eigenvalue weighted by molar-refractivity contribution is -0.118. The maximum atomic E-state index is 13.6. The first-order chi connectivity index (χ1) is 18.8. The maximum Gasteiger partial charge on any atom is 0.273 e. The van der Waals surface area contributed by atoms with Crippen molar-refractivity contribution in [3.63, 3.8) is 0 Å². The van der Waals surface area contributed by atoms with E-state index in [9.17, 15) is 19.8 Å². The van der Waals surface area contributed by atoms with Gasteiger partial charge in [-0.05, 0) is 54.7 Å². The fraction of sp³-hybridized carbons (Fsp3) is 0.233.